The highest BCUT2D eigenvalue weighted by Crippen LogP contribution is 2.20. The minimum atomic E-state index is -0.319. The van der Waals surface area contributed by atoms with E-state index in [0.29, 0.717) is 11.4 Å². The lowest BCUT2D eigenvalue weighted by atomic mass is 9.99. The van der Waals surface area contributed by atoms with Crippen LogP contribution in [0, 0.1) is 5.82 Å². The molecule has 1 atom stereocenters. The van der Waals surface area contributed by atoms with E-state index in [4.69, 9.17) is 17.3 Å². The molecule has 1 unspecified atom stereocenters. The molecule has 112 valence electrons. The van der Waals surface area contributed by atoms with E-state index in [1.807, 2.05) is 6.92 Å². The van der Waals surface area contributed by atoms with E-state index < -0.39 is 0 Å². The number of benzene rings is 1. The van der Waals surface area contributed by atoms with Crippen LogP contribution in [0.25, 0.3) is 0 Å². The predicted molar refractivity (Wildman–Crippen MR) is 84.9 cm³/mol. The van der Waals surface area contributed by atoms with E-state index in [9.17, 15) is 4.39 Å². The maximum Gasteiger partial charge on any atom is 0.124 e. The van der Waals surface area contributed by atoms with Gasteiger partial charge in [0.15, 0.2) is 0 Å². The smallest absolute Gasteiger partial charge is 0.124 e. The van der Waals surface area contributed by atoms with Gasteiger partial charge in [-0.2, -0.15) is 0 Å². The van der Waals surface area contributed by atoms with Gasteiger partial charge in [-0.05, 0) is 48.7 Å². The molecule has 3 nitrogen and oxygen atoms in total. The lowest BCUT2D eigenvalue weighted by molar-refractivity contribution is 0.521. The Bertz CT molecular complexity index is 604. The number of halogens is 2. The van der Waals surface area contributed by atoms with Crippen LogP contribution < -0.4 is 11.1 Å². The molecule has 0 saturated carbocycles. The first kappa shape index (κ1) is 15.7. The molecule has 2 aromatic rings. The van der Waals surface area contributed by atoms with Crippen LogP contribution in [0.3, 0.4) is 0 Å². The van der Waals surface area contributed by atoms with Crippen molar-refractivity contribution < 1.29 is 4.39 Å². The van der Waals surface area contributed by atoms with Gasteiger partial charge in [-0.15, -0.1) is 0 Å². The minimum Gasteiger partial charge on any atom is -0.398 e. The SMILES string of the molecule is CCNC(Cc1cnccc1N)Cc1ccc(F)cc1Cl. The molecule has 0 aliphatic rings. The van der Waals surface area contributed by atoms with Gasteiger partial charge in [-0.1, -0.05) is 24.6 Å². The third-order valence-electron chi connectivity index (χ3n) is 3.38. The number of anilines is 1. The van der Waals surface area contributed by atoms with Crippen LogP contribution in [0.1, 0.15) is 18.1 Å². The summed E-state index contributed by atoms with van der Waals surface area (Å²) >= 11 is 6.10. The number of nitrogen functional groups attached to an aromatic ring is 1. The van der Waals surface area contributed by atoms with Gasteiger partial charge >= 0.3 is 0 Å². The molecule has 2 rings (SSSR count). The molecule has 0 bridgehead atoms. The quantitative estimate of drug-likeness (QED) is 0.861. The third-order valence-corrected chi connectivity index (χ3v) is 3.73. The van der Waals surface area contributed by atoms with Crippen molar-refractivity contribution in [2.75, 3.05) is 12.3 Å². The van der Waals surface area contributed by atoms with Gasteiger partial charge in [0.2, 0.25) is 0 Å². The van der Waals surface area contributed by atoms with Crippen molar-refractivity contribution in [1.29, 1.82) is 0 Å². The normalized spacial score (nSPS) is 12.3. The van der Waals surface area contributed by atoms with Crippen LogP contribution in [0.15, 0.2) is 36.7 Å². The lowest BCUT2D eigenvalue weighted by Crippen LogP contribution is -2.33. The van der Waals surface area contributed by atoms with Gasteiger partial charge in [0, 0.05) is 29.1 Å². The molecule has 1 aromatic heterocycles. The number of rotatable bonds is 6. The van der Waals surface area contributed by atoms with Crippen LogP contribution in [0.2, 0.25) is 5.02 Å². The van der Waals surface area contributed by atoms with Crippen molar-refractivity contribution >= 4 is 17.3 Å². The van der Waals surface area contributed by atoms with Crippen molar-refractivity contribution in [2.45, 2.75) is 25.8 Å². The van der Waals surface area contributed by atoms with Gasteiger partial charge in [0.25, 0.3) is 0 Å². The molecule has 21 heavy (non-hydrogen) atoms. The fraction of sp³-hybridized carbons (Fsp3) is 0.312. The molecule has 0 saturated heterocycles. The molecule has 0 radical (unpaired) electrons. The Morgan fingerprint density at radius 2 is 2.05 bits per heavy atom. The largest absolute Gasteiger partial charge is 0.398 e. The Labute approximate surface area is 129 Å². The number of nitrogens with two attached hydrogens (primary N) is 1. The molecule has 0 amide bonds. The topological polar surface area (TPSA) is 50.9 Å². The number of hydrogen-bond donors (Lipinski definition) is 2. The van der Waals surface area contributed by atoms with E-state index in [1.165, 1.54) is 12.1 Å². The maximum atomic E-state index is 13.1. The van der Waals surface area contributed by atoms with E-state index in [0.717, 1.165) is 29.8 Å². The van der Waals surface area contributed by atoms with Crippen molar-refractivity contribution in [2.24, 2.45) is 0 Å². The number of pyridine rings is 1. The number of aromatic nitrogens is 1. The Kier molecular flexibility index (Phi) is 5.53. The number of nitrogens with one attached hydrogen (secondary N) is 1. The first-order valence-electron chi connectivity index (χ1n) is 6.95. The zero-order valence-corrected chi connectivity index (χ0v) is 12.7. The molecular formula is C16H19ClFN3. The standard InChI is InChI=1S/C16H19ClFN3/c1-2-21-14(8-12-10-20-6-5-16(12)19)7-11-3-4-13(18)9-15(11)17/h3-6,9-10,14,21H,2,7-8H2,1H3,(H2,19,20). The van der Waals surface area contributed by atoms with E-state index in [2.05, 4.69) is 10.3 Å². The Morgan fingerprint density at radius 1 is 1.29 bits per heavy atom. The van der Waals surface area contributed by atoms with Crippen molar-refractivity contribution in [1.82, 2.24) is 10.3 Å². The highest BCUT2D eigenvalue weighted by molar-refractivity contribution is 6.31. The molecule has 0 aliphatic heterocycles. The van der Waals surface area contributed by atoms with Gasteiger partial charge in [0.1, 0.15) is 5.82 Å². The van der Waals surface area contributed by atoms with Crippen LogP contribution in [0.5, 0.6) is 0 Å². The number of likely N-dealkylation sites (N-methyl/N-ethyl adjacent to an activating group) is 1. The van der Waals surface area contributed by atoms with Gasteiger partial charge < -0.3 is 11.1 Å². The summed E-state index contributed by atoms with van der Waals surface area (Å²) in [4.78, 5) is 4.11. The first-order chi connectivity index (χ1) is 10.1. The van der Waals surface area contributed by atoms with Crippen molar-refractivity contribution in [3.8, 4) is 0 Å². The molecule has 0 fully saturated rings. The monoisotopic (exact) mass is 307 g/mol. The number of hydrogen-bond acceptors (Lipinski definition) is 3. The van der Waals surface area contributed by atoms with Gasteiger partial charge in [-0.3, -0.25) is 4.98 Å². The highest BCUT2D eigenvalue weighted by atomic mass is 35.5. The molecule has 1 aromatic carbocycles. The summed E-state index contributed by atoms with van der Waals surface area (Å²) in [6.07, 6.45) is 4.92. The lowest BCUT2D eigenvalue weighted by Gasteiger charge is -2.19. The second kappa shape index (κ2) is 7.38. The summed E-state index contributed by atoms with van der Waals surface area (Å²) < 4.78 is 13.1. The van der Waals surface area contributed by atoms with Crippen LogP contribution in [-0.4, -0.2) is 17.6 Å². The van der Waals surface area contributed by atoms with Crippen LogP contribution in [0.4, 0.5) is 10.1 Å². The summed E-state index contributed by atoms with van der Waals surface area (Å²) in [7, 11) is 0. The summed E-state index contributed by atoms with van der Waals surface area (Å²) in [6.45, 7) is 2.88. The molecule has 0 aliphatic carbocycles. The summed E-state index contributed by atoms with van der Waals surface area (Å²) in [5.41, 5.74) is 8.62. The Balaban J connectivity index is 2.14. The number of nitrogens with zero attached hydrogens (tertiary/aromatic N) is 1. The average Bonchev–Trinajstić information content (AvgIpc) is 2.44. The van der Waals surface area contributed by atoms with Crippen LogP contribution in [-0.2, 0) is 12.8 Å². The summed E-state index contributed by atoms with van der Waals surface area (Å²) in [6, 6.07) is 6.48. The molecule has 0 spiro atoms. The fourth-order valence-corrected chi connectivity index (χ4v) is 2.58. The van der Waals surface area contributed by atoms with E-state index in [-0.39, 0.29) is 11.9 Å². The van der Waals surface area contributed by atoms with Gasteiger partial charge in [0.05, 0.1) is 0 Å². The summed E-state index contributed by atoms with van der Waals surface area (Å²) in [5, 5.41) is 3.87. The highest BCUT2D eigenvalue weighted by Gasteiger charge is 2.13. The first-order valence-corrected chi connectivity index (χ1v) is 7.33. The molecule has 3 N–H and O–H groups in total. The average molecular weight is 308 g/mol. The van der Waals surface area contributed by atoms with E-state index >= 15 is 0 Å². The third kappa shape index (κ3) is 4.41. The zero-order valence-electron chi connectivity index (χ0n) is 11.9. The molecule has 1 heterocycles. The molecular weight excluding hydrogens is 289 g/mol. The Hall–Kier alpha value is -1.65. The van der Waals surface area contributed by atoms with Crippen molar-refractivity contribution in [3.05, 3.63) is 58.6 Å². The minimum absolute atomic E-state index is 0.171. The van der Waals surface area contributed by atoms with Crippen molar-refractivity contribution in [3.63, 3.8) is 0 Å². The molecule has 5 heteroatoms. The van der Waals surface area contributed by atoms with Crippen LogP contribution >= 0.6 is 11.6 Å². The zero-order chi connectivity index (χ0) is 15.2. The Morgan fingerprint density at radius 3 is 2.71 bits per heavy atom. The van der Waals surface area contributed by atoms with Gasteiger partial charge in [-0.25, -0.2) is 4.39 Å². The van der Waals surface area contributed by atoms with E-state index in [1.54, 1.807) is 24.5 Å². The second-order valence-electron chi connectivity index (χ2n) is 4.97. The fourth-order valence-electron chi connectivity index (χ4n) is 2.33. The predicted octanol–water partition coefficient (Wildman–Crippen LogP) is 3.22. The second-order valence-corrected chi connectivity index (χ2v) is 5.38. The maximum absolute atomic E-state index is 13.1. The summed E-state index contributed by atoms with van der Waals surface area (Å²) in [5.74, 6) is -0.319.